The second kappa shape index (κ2) is 5.36. The highest BCUT2D eigenvalue weighted by Gasteiger charge is 2.50. The first kappa shape index (κ1) is 12.8. The van der Waals surface area contributed by atoms with Gasteiger partial charge in [-0.25, -0.2) is 0 Å². The van der Waals surface area contributed by atoms with Crippen LogP contribution >= 0.6 is 0 Å². The average molecular weight is 240 g/mol. The highest BCUT2D eigenvalue weighted by atomic mass is 16.5. The van der Waals surface area contributed by atoms with E-state index in [9.17, 15) is 4.79 Å². The van der Waals surface area contributed by atoms with Crippen LogP contribution in [-0.4, -0.2) is 31.2 Å². The molecule has 0 aliphatic heterocycles. The smallest absolute Gasteiger partial charge is 0.240 e. The van der Waals surface area contributed by atoms with Gasteiger partial charge >= 0.3 is 0 Å². The maximum atomic E-state index is 11.8. The van der Waals surface area contributed by atoms with E-state index >= 15 is 0 Å². The predicted octanol–water partition coefficient (Wildman–Crippen LogP) is 1.19. The third kappa shape index (κ3) is 2.80. The van der Waals surface area contributed by atoms with Crippen LogP contribution in [0.5, 0.6) is 0 Å². The van der Waals surface area contributed by atoms with E-state index < -0.39 is 5.54 Å². The molecule has 0 aromatic rings. The van der Waals surface area contributed by atoms with Crippen LogP contribution in [0.3, 0.4) is 0 Å². The fourth-order valence-electron chi connectivity index (χ4n) is 3.04. The minimum atomic E-state index is -0.614. The number of hydrogen-bond donors (Lipinski definition) is 2. The van der Waals surface area contributed by atoms with Gasteiger partial charge in [0.05, 0.1) is 6.61 Å². The van der Waals surface area contributed by atoms with E-state index in [1.807, 2.05) is 0 Å². The number of hydrogen-bond acceptors (Lipinski definition) is 3. The third-order valence-electron chi connectivity index (χ3n) is 4.15. The molecule has 2 fully saturated rings. The van der Waals surface area contributed by atoms with Gasteiger partial charge in [0.15, 0.2) is 0 Å². The van der Waals surface area contributed by atoms with Crippen molar-refractivity contribution < 1.29 is 9.53 Å². The Hall–Kier alpha value is -0.610. The SMILES string of the molecule is COCC(NC1CCCCC1)(C(N)=O)C1CC1. The Morgan fingerprint density at radius 3 is 2.41 bits per heavy atom. The lowest BCUT2D eigenvalue weighted by molar-refractivity contribution is -0.128. The number of carbonyl (C=O) groups excluding carboxylic acids is 1. The summed E-state index contributed by atoms with van der Waals surface area (Å²) in [7, 11) is 1.64. The van der Waals surface area contributed by atoms with Gasteiger partial charge in [0.2, 0.25) is 5.91 Å². The zero-order valence-corrected chi connectivity index (χ0v) is 10.7. The van der Waals surface area contributed by atoms with Crippen LogP contribution in [0, 0.1) is 5.92 Å². The predicted molar refractivity (Wildman–Crippen MR) is 66.5 cm³/mol. The Labute approximate surface area is 103 Å². The van der Waals surface area contributed by atoms with E-state index in [1.165, 1.54) is 19.3 Å². The van der Waals surface area contributed by atoms with Gasteiger partial charge in [-0.15, -0.1) is 0 Å². The van der Waals surface area contributed by atoms with Crippen molar-refractivity contribution in [2.45, 2.75) is 56.5 Å². The molecule has 0 spiro atoms. The minimum Gasteiger partial charge on any atom is -0.382 e. The van der Waals surface area contributed by atoms with Gasteiger partial charge in [-0.2, -0.15) is 0 Å². The van der Waals surface area contributed by atoms with E-state index in [1.54, 1.807) is 7.11 Å². The number of nitrogens with two attached hydrogens (primary N) is 1. The molecule has 0 aromatic heterocycles. The Morgan fingerprint density at radius 2 is 1.94 bits per heavy atom. The lowest BCUT2D eigenvalue weighted by Gasteiger charge is -2.37. The first-order valence-electron chi connectivity index (χ1n) is 6.75. The van der Waals surface area contributed by atoms with Crippen LogP contribution in [0.1, 0.15) is 44.9 Å². The molecule has 0 heterocycles. The van der Waals surface area contributed by atoms with E-state index in [0.29, 0.717) is 18.6 Å². The normalized spacial score (nSPS) is 25.5. The first-order valence-corrected chi connectivity index (χ1v) is 6.75. The first-order chi connectivity index (χ1) is 8.19. The molecule has 4 heteroatoms. The molecule has 0 radical (unpaired) electrons. The van der Waals surface area contributed by atoms with Gasteiger partial charge < -0.3 is 10.5 Å². The number of carbonyl (C=O) groups is 1. The van der Waals surface area contributed by atoms with Gasteiger partial charge in [0.25, 0.3) is 0 Å². The molecule has 3 N–H and O–H groups in total. The van der Waals surface area contributed by atoms with Crippen molar-refractivity contribution in [3.05, 3.63) is 0 Å². The molecule has 2 aliphatic rings. The summed E-state index contributed by atoms with van der Waals surface area (Å²) in [5.41, 5.74) is 5.02. The maximum Gasteiger partial charge on any atom is 0.240 e. The van der Waals surface area contributed by atoms with Gasteiger partial charge in [-0.1, -0.05) is 19.3 Å². The monoisotopic (exact) mass is 240 g/mol. The molecule has 2 rings (SSSR count). The Kier molecular flexibility index (Phi) is 4.05. The number of methoxy groups -OCH3 is 1. The van der Waals surface area contributed by atoms with Crippen molar-refractivity contribution in [1.29, 1.82) is 0 Å². The summed E-state index contributed by atoms with van der Waals surface area (Å²) in [5.74, 6) is 0.134. The topological polar surface area (TPSA) is 64.3 Å². The van der Waals surface area contributed by atoms with Crippen LogP contribution in [0.2, 0.25) is 0 Å². The standard InChI is InChI=1S/C13H24N2O2/c1-17-9-13(12(14)16,10-7-8-10)15-11-5-3-2-4-6-11/h10-11,15H,2-9H2,1H3,(H2,14,16). The largest absolute Gasteiger partial charge is 0.382 e. The number of primary amides is 1. The summed E-state index contributed by atoms with van der Waals surface area (Å²) >= 11 is 0. The number of amides is 1. The lowest BCUT2D eigenvalue weighted by Crippen LogP contribution is -2.63. The van der Waals surface area contributed by atoms with Gasteiger partial charge in [0.1, 0.15) is 5.54 Å². The van der Waals surface area contributed by atoms with Gasteiger partial charge in [-0.05, 0) is 31.6 Å². The van der Waals surface area contributed by atoms with E-state index in [0.717, 1.165) is 25.7 Å². The van der Waals surface area contributed by atoms with E-state index in [-0.39, 0.29) is 5.91 Å². The van der Waals surface area contributed by atoms with Crippen LogP contribution in [0.15, 0.2) is 0 Å². The van der Waals surface area contributed by atoms with Crippen LogP contribution in [0.25, 0.3) is 0 Å². The molecular weight excluding hydrogens is 216 g/mol. The summed E-state index contributed by atoms with van der Waals surface area (Å²) in [6, 6.07) is 0.437. The zero-order valence-electron chi connectivity index (χ0n) is 10.7. The molecule has 2 aliphatic carbocycles. The average Bonchev–Trinajstić information content (AvgIpc) is 3.13. The third-order valence-corrected chi connectivity index (χ3v) is 4.15. The fraction of sp³-hybridized carbons (Fsp3) is 0.923. The molecule has 1 amide bonds. The van der Waals surface area contributed by atoms with Crippen LogP contribution < -0.4 is 11.1 Å². The lowest BCUT2D eigenvalue weighted by atomic mass is 9.88. The number of rotatable bonds is 6. The summed E-state index contributed by atoms with van der Waals surface area (Å²) in [6.07, 6.45) is 8.32. The molecule has 4 nitrogen and oxygen atoms in total. The van der Waals surface area contributed by atoms with E-state index in [2.05, 4.69) is 5.32 Å². The van der Waals surface area contributed by atoms with Crippen molar-refractivity contribution in [3.63, 3.8) is 0 Å². The fourth-order valence-corrected chi connectivity index (χ4v) is 3.04. The van der Waals surface area contributed by atoms with Crippen molar-refractivity contribution in [2.75, 3.05) is 13.7 Å². The summed E-state index contributed by atoms with van der Waals surface area (Å²) in [4.78, 5) is 11.8. The molecule has 1 unspecified atom stereocenters. The van der Waals surface area contributed by atoms with Crippen molar-refractivity contribution >= 4 is 5.91 Å². The maximum absolute atomic E-state index is 11.8. The molecule has 0 bridgehead atoms. The summed E-state index contributed by atoms with van der Waals surface area (Å²) in [6.45, 7) is 0.406. The van der Waals surface area contributed by atoms with Gasteiger partial charge in [-0.3, -0.25) is 10.1 Å². The molecule has 98 valence electrons. The van der Waals surface area contributed by atoms with Crippen molar-refractivity contribution in [3.8, 4) is 0 Å². The highest BCUT2D eigenvalue weighted by Crippen LogP contribution is 2.40. The van der Waals surface area contributed by atoms with E-state index in [4.69, 9.17) is 10.5 Å². The quantitative estimate of drug-likeness (QED) is 0.733. The van der Waals surface area contributed by atoms with Crippen LogP contribution in [0.4, 0.5) is 0 Å². The van der Waals surface area contributed by atoms with Crippen LogP contribution in [-0.2, 0) is 9.53 Å². The Morgan fingerprint density at radius 1 is 1.29 bits per heavy atom. The number of ether oxygens (including phenoxy) is 1. The van der Waals surface area contributed by atoms with Gasteiger partial charge in [0, 0.05) is 13.2 Å². The summed E-state index contributed by atoms with van der Waals surface area (Å²) < 4.78 is 5.25. The Balaban J connectivity index is 2.05. The molecule has 0 saturated heterocycles. The minimum absolute atomic E-state index is 0.243. The van der Waals surface area contributed by atoms with Crippen molar-refractivity contribution in [1.82, 2.24) is 5.32 Å². The molecule has 0 aromatic carbocycles. The van der Waals surface area contributed by atoms with Crippen molar-refractivity contribution in [2.24, 2.45) is 11.7 Å². The molecule has 17 heavy (non-hydrogen) atoms. The molecular formula is C13H24N2O2. The second-order valence-corrected chi connectivity index (χ2v) is 5.52. The molecule has 2 saturated carbocycles. The number of nitrogens with one attached hydrogen (secondary N) is 1. The zero-order chi connectivity index (χ0) is 12.3. The highest BCUT2D eigenvalue weighted by molar-refractivity contribution is 5.85. The second-order valence-electron chi connectivity index (χ2n) is 5.52. The summed E-state index contributed by atoms with van der Waals surface area (Å²) in [5, 5.41) is 3.53. The molecule has 1 atom stereocenters. The Bertz CT molecular complexity index is 273.